The minimum atomic E-state index is -5.08. The van der Waals surface area contributed by atoms with E-state index in [4.69, 9.17) is 9.90 Å². The van der Waals surface area contributed by atoms with E-state index < -0.39 is 12.1 Å². The zero-order valence-corrected chi connectivity index (χ0v) is 15.9. The third kappa shape index (κ3) is 6.82. The molecular weight excluding hydrogens is 373 g/mol. The van der Waals surface area contributed by atoms with Gasteiger partial charge in [-0.15, -0.1) is 0 Å². The number of aliphatic carboxylic acids is 1. The van der Waals surface area contributed by atoms with E-state index in [1.54, 1.807) is 0 Å². The average molecular weight is 400 g/mol. The molecule has 1 heterocycles. The lowest BCUT2D eigenvalue weighted by Gasteiger charge is -2.46. The fourth-order valence-electron chi connectivity index (χ4n) is 4.20. The van der Waals surface area contributed by atoms with Gasteiger partial charge in [-0.1, -0.05) is 36.8 Å². The number of piperidine rings is 1. The number of likely N-dealkylation sites (tertiary alicyclic amines) is 1. The highest BCUT2D eigenvalue weighted by molar-refractivity contribution is 5.76. The molecule has 1 aromatic carbocycles. The van der Waals surface area contributed by atoms with Gasteiger partial charge >= 0.3 is 12.1 Å². The van der Waals surface area contributed by atoms with E-state index in [0.717, 1.165) is 18.3 Å². The first kappa shape index (κ1) is 22.2. The number of fused-ring (bicyclic) bond motifs is 2. The van der Waals surface area contributed by atoms with Crippen molar-refractivity contribution in [1.29, 1.82) is 0 Å². The molecule has 1 saturated heterocycles. The number of hydrogen-bond donors (Lipinski definition) is 2. The molecule has 0 radical (unpaired) electrons. The normalized spacial score (nSPS) is 24.6. The summed E-state index contributed by atoms with van der Waals surface area (Å²) in [6.45, 7) is 3.00. The molecule has 5 nitrogen and oxygen atoms in total. The summed E-state index contributed by atoms with van der Waals surface area (Å²) in [6, 6.07) is 10.2. The number of halogens is 3. The van der Waals surface area contributed by atoms with E-state index in [1.165, 1.54) is 37.9 Å². The third-order valence-corrected chi connectivity index (χ3v) is 5.45. The number of nitrogens with one attached hydrogen (secondary N) is 1. The maximum Gasteiger partial charge on any atom is 0.490 e. The predicted molar refractivity (Wildman–Crippen MR) is 98.4 cm³/mol. The van der Waals surface area contributed by atoms with E-state index in [9.17, 15) is 18.0 Å². The van der Waals surface area contributed by atoms with Crippen LogP contribution in [0.3, 0.4) is 0 Å². The molecule has 2 aliphatic rings. The number of alkyl halides is 3. The Balaban J connectivity index is 0.000000345. The molecule has 1 amide bonds. The Bertz CT molecular complexity index is 638. The van der Waals surface area contributed by atoms with Crippen LogP contribution in [0, 0.1) is 17.8 Å². The smallest absolute Gasteiger partial charge is 0.475 e. The second-order valence-corrected chi connectivity index (χ2v) is 7.61. The van der Waals surface area contributed by atoms with E-state index in [0.29, 0.717) is 12.5 Å². The molecule has 1 aliphatic heterocycles. The molecule has 0 spiro atoms. The van der Waals surface area contributed by atoms with Gasteiger partial charge in [-0.2, -0.15) is 13.2 Å². The maximum absolute atomic E-state index is 12.3. The Hall–Kier alpha value is -2.09. The molecule has 8 heteroatoms. The molecule has 2 unspecified atom stereocenters. The Kier molecular flexibility index (Phi) is 7.86. The second kappa shape index (κ2) is 9.91. The Morgan fingerprint density at radius 3 is 2.18 bits per heavy atom. The van der Waals surface area contributed by atoms with Crippen LogP contribution in [0.4, 0.5) is 13.2 Å². The topological polar surface area (TPSA) is 69.6 Å². The number of rotatable bonds is 4. The number of carbonyl (C=O) groups excluding carboxylic acids is 1. The van der Waals surface area contributed by atoms with Gasteiger partial charge in [0.15, 0.2) is 0 Å². The van der Waals surface area contributed by atoms with Gasteiger partial charge in [0, 0.05) is 26.1 Å². The highest BCUT2D eigenvalue weighted by Crippen LogP contribution is 2.41. The highest BCUT2D eigenvalue weighted by atomic mass is 19.4. The summed E-state index contributed by atoms with van der Waals surface area (Å²) in [5.74, 6) is -0.474. The van der Waals surface area contributed by atoms with Crippen LogP contribution in [-0.2, 0) is 16.1 Å². The molecule has 28 heavy (non-hydrogen) atoms. The summed E-state index contributed by atoms with van der Waals surface area (Å²) in [7, 11) is 2.22. The Morgan fingerprint density at radius 1 is 1.14 bits per heavy atom. The first-order valence-electron chi connectivity index (χ1n) is 9.46. The molecular formula is C20H27F3N2O3. The lowest BCUT2D eigenvalue weighted by Crippen LogP contribution is -2.48. The maximum atomic E-state index is 12.3. The number of nitrogens with zero attached hydrogens (tertiary/aromatic N) is 1. The van der Waals surface area contributed by atoms with Crippen LogP contribution in [0.5, 0.6) is 0 Å². The van der Waals surface area contributed by atoms with Gasteiger partial charge in [-0.3, -0.25) is 4.79 Å². The Morgan fingerprint density at radius 2 is 1.68 bits per heavy atom. The molecule has 1 aromatic rings. The Labute approximate surface area is 162 Å². The van der Waals surface area contributed by atoms with E-state index >= 15 is 0 Å². The average Bonchev–Trinajstić information content (AvgIpc) is 2.61. The fourth-order valence-corrected chi connectivity index (χ4v) is 4.20. The lowest BCUT2D eigenvalue weighted by atomic mass is 9.67. The summed E-state index contributed by atoms with van der Waals surface area (Å²) in [4.78, 5) is 23.6. The molecule has 2 atom stereocenters. The first-order chi connectivity index (χ1) is 13.2. The first-order valence-corrected chi connectivity index (χ1v) is 9.46. The van der Waals surface area contributed by atoms with Crippen molar-refractivity contribution in [2.24, 2.45) is 17.8 Å². The van der Waals surface area contributed by atoms with Crippen molar-refractivity contribution in [3.8, 4) is 0 Å². The number of carboxylic acids is 1. The molecule has 156 valence electrons. The van der Waals surface area contributed by atoms with Crippen LogP contribution in [0.15, 0.2) is 30.3 Å². The number of amides is 1. The van der Waals surface area contributed by atoms with Gasteiger partial charge in [0.25, 0.3) is 0 Å². The van der Waals surface area contributed by atoms with Crippen molar-refractivity contribution in [1.82, 2.24) is 10.2 Å². The quantitative estimate of drug-likeness (QED) is 0.814. The van der Waals surface area contributed by atoms with Gasteiger partial charge in [0.1, 0.15) is 0 Å². The van der Waals surface area contributed by atoms with Gasteiger partial charge in [0.05, 0.1) is 0 Å². The fraction of sp³-hybridized carbons (Fsp3) is 0.600. The van der Waals surface area contributed by atoms with Crippen molar-refractivity contribution >= 4 is 11.9 Å². The van der Waals surface area contributed by atoms with Gasteiger partial charge in [-0.05, 0) is 43.2 Å². The van der Waals surface area contributed by atoms with E-state index in [1.807, 2.05) is 18.2 Å². The van der Waals surface area contributed by atoms with Crippen LogP contribution < -0.4 is 5.32 Å². The summed E-state index contributed by atoms with van der Waals surface area (Å²) in [5.41, 5.74) is 1.18. The van der Waals surface area contributed by atoms with Crippen LogP contribution in [0.25, 0.3) is 0 Å². The SMILES string of the molecule is CN1CC2CCCC(C1)C2CC(=O)NCc1ccccc1.O=C(O)C(F)(F)F. The van der Waals surface area contributed by atoms with Crippen LogP contribution in [0.1, 0.15) is 31.2 Å². The number of benzene rings is 1. The molecule has 2 fully saturated rings. The van der Waals surface area contributed by atoms with Crippen LogP contribution in [-0.4, -0.2) is 48.2 Å². The molecule has 2 N–H and O–H groups in total. The van der Waals surface area contributed by atoms with Crippen molar-refractivity contribution in [3.05, 3.63) is 35.9 Å². The van der Waals surface area contributed by atoms with Gasteiger partial charge in [0.2, 0.25) is 5.91 Å². The van der Waals surface area contributed by atoms with Gasteiger partial charge < -0.3 is 15.3 Å². The molecule has 1 aliphatic carbocycles. The summed E-state index contributed by atoms with van der Waals surface area (Å²) >= 11 is 0. The van der Waals surface area contributed by atoms with Crippen molar-refractivity contribution in [2.75, 3.05) is 20.1 Å². The predicted octanol–water partition coefficient (Wildman–Crippen LogP) is 3.30. The van der Waals surface area contributed by atoms with Crippen molar-refractivity contribution < 1.29 is 27.9 Å². The van der Waals surface area contributed by atoms with Crippen LogP contribution in [0.2, 0.25) is 0 Å². The number of carboxylic acid groups (broad SMARTS) is 1. The van der Waals surface area contributed by atoms with Crippen LogP contribution >= 0.6 is 0 Å². The monoisotopic (exact) mass is 400 g/mol. The third-order valence-electron chi connectivity index (χ3n) is 5.45. The zero-order valence-electron chi connectivity index (χ0n) is 15.9. The molecule has 1 saturated carbocycles. The summed E-state index contributed by atoms with van der Waals surface area (Å²) in [6.07, 6.45) is -0.406. The van der Waals surface area contributed by atoms with Crippen molar-refractivity contribution in [3.63, 3.8) is 0 Å². The van der Waals surface area contributed by atoms with E-state index in [-0.39, 0.29) is 5.91 Å². The standard InChI is InChI=1S/C18H26N2O.C2HF3O2/c1-20-12-15-8-5-9-16(13-20)17(15)10-18(21)19-11-14-6-3-2-4-7-14;3-2(4,5)1(6)7/h2-4,6-7,15-17H,5,8-13H2,1H3,(H,19,21);(H,6,7). The lowest BCUT2D eigenvalue weighted by molar-refractivity contribution is -0.192. The highest BCUT2D eigenvalue weighted by Gasteiger charge is 2.39. The number of hydrogen-bond acceptors (Lipinski definition) is 3. The zero-order chi connectivity index (χ0) is 20.7. The minimum absolute atomic E-state index is 0.227. The molecule has 0 aromatic heterocycles. The number of carbonyl (C=O) groups is 2. The van der Waals surface area contributed by atoms with E-state index in [2.05, 4.69) is 29.4 Å². The minimum Gasteiger partial charge on any atom is -0.475 e. The van der Waals surface area contributed by atoms with Gasteiger partial charge in [-0.25, -0.2) is 4.79 Å². The summed E-state index contributed by atoms with van der Waals surface area (Å²) < 4.78 is 31.7. The molecule has 2 bridgehead atoms. The second-order valence-electron chi connectivity index (χ2n) is 7.61. The van der Waals surface area contributed by atoms with Crippen molar-refractivity contribution in [2.45, 2.75) is 38.4 Å². The summed E-state index contributed by atoms with van der Waals surface area (Å²) in [5, 5.41) is 10.2. The molecule has 3 rings (SSSR count). The largest absolute Gasteiger partial charge is 0.490 e.